The maximum atomic E-state index is 13.2. The number of carbonyl (C=O) groups excluding carboxylic acids is 1. The number of hydrogen-bond acceptors (Lipinski definition) is 4. The zero-order valence-electron chi connectivity index (χ0n) is 15.9. The number of benzene rings is 1. The van der Waals surface area contributed by atoms with E-state index >= 15 is 0 Å². The van der Waals surface area contributed by atoms with Crippen LogP contribution in [0.25, 0.3) is 11.0 Å². The van der Waals surface area contributed by atoms with E-state index in [9.17, 15) is 4.79 Å². The number of aromatic amines is 1. The van der Waals surface area contributed by atoms with E-state index < -0.39 is 0 Å². The van der Waals surface area contributed by atoms with E-state index in [1.165, 1.54) is 0 Å². The summed E-state index contributed by atoms with van der Waals surface area (Å²) in [5.74, 6) is 2.46. The minimum Gasteiger partial charge on any atom is -0.341 e. The molecule has 3 heterocycles. The van der Waals surface area contributed by atoms with Crippen molar-refractivity contribution in [3.63, 3.8) is 0 Å². The lowest BCUT2D eigenvalue weighted by Gasteiger charge is -2.33. The van der Waals surface area contributed by atoms with Crippen molar-refractivity contribution in [3.8, 4) is 0 Å². The number of rotatable bonds is 5. The van der Waals surface area contributed by atoms with Crippen LogP contribution in [0.1, 0.15) is 56.7 Å². The first-order valence-corrected chi connectivity index (χ1v) is 9.79. The molecule has 0 saturated carbocycles. The number of aromatic nitrogens is 5. The van der Waals surface area contributed by atoms with Crippen molar-refractivity contribution >= 4 is 16.9 Å². The predicted molar refractivity (Wildman–Crippen MR) is 103 cm³/mol. The molecule has 0 radical (unpaired) electrons. The van der Waals surface area contributed by atoms with E-state index in [1.807, 2.05) is 30.0 Å². The van der Waals surface area contributed by atoms with Gasteiger partial charge in [0.05, 0.1) is 11.0 Å². The quantitative estimate of drug-likeness (QED) is 0.752. The van der Waals surface area contributed by atoms with Crippen LogP contribution in [0.3, 0.4) is 0 Å². The van der Waals surface area contributed by atoms with Crippen LogP contribution in [0.15, 0.2) is 30.6 Å². The number of imidazole rings is 1. The van der Waals surface area contributed by atoms with Gasteiger partial charge in [0.2, 0.25) is 5.91 Å². The number of hydrogen-bond donors (Lipinski definition) is 1. The van der Waals surface area contributed by atoms with Crippen molar-refractivity contribution in [1.29, 1.82) is 0 Å². The van der Waals surface area contributed by atoms with Gasteiger partial charge in [-0.15, -0.1) is 0 Å². The first-order chi connectivity index (χ1) is 13.2. The second-order valence-electron chi connectivity index (χ2n) is 7.28. The Bertz CT molecular complexity index is 908. The van der Waals surface area contributed by atoms with Crippen LogP contribution >= 0.6 is 0 Å². The fourth-order valence-electron chi connectivity index (χ4n) is 4.09. The molecule has 3 aromatic rings. The molecule has 2 aromatic heterocycles. The number of H-pyrrole nitrogens is 1. The van der Waals surface area contributed by atoms with E-state index in [1.54, 1.807) is 6.33 Å². The summed E-state index contributed by atoms with van der Waals surface area (Å²) in [7, 11) is 0. The van der Waals surface area contributed by atoms with Crippen LogP contribution in [0.5, 0.6) is 0 Å². The number of para-hydroxylation sites is 2. The highest BCUT2D eigenvalue weighted by Gasteiger charge is 2.30. The van der Waals surface area contributed by atoms with E-state index in [-0.39, 0.29) is 11.9 Å². The van der Waals surface area contributed by atoms with Gasteiger partial charge in [-0.2, -0.15) is 5.10 Å². The van der Waals surface area contributed by atoms with Crippen LogP contribution in [0, 0.1) is 0 Å². The maximum Gasteiger partial charge on any atom is 0.245 e. The van der Waals surface area contributed by atoms with Crippen molar-refractivity contribution in [2.45, 2.75) is 51.5 Å². The van der Waals surface area contributed by atoms with E-state index in [4.69, 9.17) is 4.98 Å². The molecule has 1 aromatic carbocycles. The lowest BCUT2D eigenvalue weighted by molar-refractivity contribution is -0.135. The Morgan fingerprint density at radius 1 is 1.30 bits per heavy atom. The number of fused-ring (bicyclic) bond motifs is 1. The Kier molecular flexibility index (Phi) is 4.92. The van der Waals surface area contributed by atoms with Gasteiger partial charge in [-0.1, -0.05) is 19.1 Å². The average molecular weight is 366 g/mol. The van der Waals surface area contributed by atoms with Crippen LogP contribution in [0.4, 0.5) is 0 Å². The minimum atomic E-state index is -0.249. The molecule has 0 spiro atoms. The molecule has 0 unspecified atom stereocenters. The molecule has 27 heavy (non-hydrogen) atoms. The lowest BCUT2D eigenvalue weighted by atomic mass is 9.96. The number of carbonyl (C=O) groups is 1. The molecular formula is C20H26N6O. The normalized spacial score (nSPS) is 16.7. The second-order valence-corrected chi connectivity index (χ2v) is 7.28. The third kappa shape index (κ3) is 3.34. The number of piperidine rings is 1. The molecule has 7 nitrogen and oxygen atoms in total. The zero-order chi connectivity index (χ0) is 18.8. The molecular weight excluding hydrogens is 340 g/mol. The van der Waals surface area contributed by atoms with Gasteiger partial charge in [0, 0.05) is 25.4 Å². The Morgan fingerprint density at radius 2 is 2.07 bits per heavy atom. The Morgan fingerprint density at radius 3 is 2.78 bits per heavy atom. The molecule has 1 saturated heterocycles. The largest absolute Gasteiger partial charge is 0.341 e. The van der Waals surface area contributed by atoms with E-state index in [0.29, 0.717) is 5.92 Å². The molecule has 1 aliphatic rings. The lowest BCUT2D eigenvalue weighted by Crippen LogP contribution is -2.41. The third-order valence-corrected chi connectivity index (χ3v) is 5.51. The molecule has 142 valence electrons. The fraction of sp³-hybridized carbons (Fsp3) is 0.500. The highest BCUT2D eigenvalue weighted by atomic mass is 16.2. The summed E-state index contributed by atoms with van der Waals surface area (Å²) in [6.07, 6.45) is 5.27. The molecule has 1 N–H and O–H groups in total. The number of likely N-dealkylation sites (tertiary alicyclic amines) is 1. The second kappa shape index (κ2) is 7.50. The maximum absolute atomic E-state index is 13.2. The van der Waals surface area contributed by atoms with Crippen LogP contribution in [-0.2, 0) is 11.2 Å². The first kappa shape index (κ1) is 17.7. The Labute approximate surface area is 158 Å². The van der Waals surface area contributed by atoms with E-state index in [0.717, 1.165) is 61.5 Å². The van der Waals surface area contributed by atoms with Crippen LogP contribution in [0.2, 0.25) is 0 Å². The molecule has 7 heteroatoms. The Hall–Kier alpha value is -2.70. The van der Waals surface area contributed by atoms with E-state index in [2.05, 4.69) is 32.7 Å². The van der Waals surface area contributed by atoms with Gasteiger partial charge in [0.1, 0.15) is 24.0 Å². The zero-order valence-corrected chi connectivity index (χ0v) is 15.9. The molecule has 0 bridgehead atoms. The Balaban J connectivity index is 1.53. The van der Waals surface area contributed by atoms with Gasteiger partial charge < -0.3 is 9.47 Å². The summed E-state index contributed by atoms with van der Waals surface area (Å²) in [6, 6.07) is 7.83. The van der Waals surface area contributed by atoms with Gasteiger partial charge >= 0.3 is 0 Å². The number of amides is 1. The SMILES string of the molecule is CCCc1nc2ccccc2n1[C@@H](C)C(=O)N1CCC(c2ncn[nH]2)CC1. The molecule has 4 rings (SSSR count). The molecule has 1 fully saturated rings. The summed E-state index contributed by atoms with van der Waals surface area (Å²) >= 11 is 0. The van der Waals surface area contributed by atoms with Crippen molar-refractivity contribution in [2.24, 2.45) is 0 Å². The van der Waals surface area contributed by atoms with Crippen molar-refractivity contribution in [2.75, 3.05) is 13.1 Å². The summed E-state index contributed by atoms with van der Waals surface area (Å²) in [6.45, 7) is 5.65. The number of nitrogens with one attached hydrogen (secondary N) is 1. The van der Waals surface area contributed by atoms with Gasteiger partial charge in [0.25, 0.3) is 0 Å². The first-order valence-electron chi connectivity index (χ1n) is 9.79. The smallest absolute Gasteiger partial charge is 0.245 e. The minimum absolute atomic E-state index is 0.173. The third-order valence-electron chi connectivity index (χ3n) is 5.51. The molecule has 1 amide bonds. The number of nitrogens with zero attached hydrogens (tertiary/aromatic N) is 5. The highest BCUT2D eigenvalue weighted by Crippen LogP contribution is 2.28. The molecule has 0 aliphatic carbocycles. The average Bonchev–Trinajstić information content (AvgIpc) is 3.35. The summed E-state index contributed by atoms with van der Waals surface area (Å²) in [5, 5.41) is 6.90. The van der Waals surface area contributed by atoms with Crippen LogP contribution in [-0.4, -0.2) is 48.6 Å². The summed E-state index contributed by atoms with van der Waals surface area (Å²) in [4.78, 5) is 24.3. The van der Waals surface area contributed by atoms with Crippen molar-refractivity contribution in [1.82, 2.24) is 29.6 Å². The van der Waals surface area contributed by atoms with Crippen molar-refractivity contribution in [3.05, 3.63) is 42.2 Å². The molecule has 1 atom stereocenters. The summed E-state index contributed by atoms with van der Waals surface area (Å²) in [5.41, 5.74) is 2.00. The number of aryl methyl sites for hydroxylation is 1. The van der Waals surface area contributed by atoms with Gasteiger partial charge in [0.15, 0.2) is 0 Å². The molecule has 1 aliphatic heterocycles. The van der Waals surface area contributed by atoms with Gasteiger partial charge in [-0.05, 0) is 38.3 Å². The van der Waals surface area contributed by atoms with Crippen LogP contribution < -0.4 is 0 Å². The highest BCUT2D eigenvalue weighted by molar-refractivity contribution is 5.84. The van der Waals surface area contributed by atoms with Crippen molar-refractivity contribution < 1.29 is 4.79 Å². The standard InChI is InChI=1S/C20H26N6O/c1-3-6-18-23-16-7-4-5-8-17(16)26(18)14(2)20(27)25-11-9-15(10-12-25)19-21-13-22-24-19/h4-5,7-8,13-15H,3,6,9-12H2,1-2H3,(H,21,22,24)/t14-/m0/s1. The van der Waals surface area contributed by atoms with Gasteiger partial charge in [-0.25, -0.2) is 9.97 Å². The predicted octanol–water partition coefficient (Wildman–Crippen LogP) is 3.07. The topological polar surface area (TPSA) is 79.7 Å². The summed E-state index contributed by atoms with van der Waals surface area (Å²) < 4.78 is 2.13. The fourth-order valence-corrected chi connectivity index (χ4v) is 4.09. The van der Waals surface area contributed by atoms with Gasteiger partial charge in [-0.3, -0.25) is 9.89 Å². The monoisotopic (exact) mass is 366 g/mol.